The van der Waals surface area contributed by atoms with Crippen LogP contribution < -0.4 is 5.32 Å². The first-order chi connectivity index (χ1) is 10.0. The molecule has 1 saturated heterocycles. The maximum atomic E-state index is 13.5. The number of nitrogens with one attached hydrogen (secondary N) is 1. The molecule has 2 aromatic rings. The standard InChI is InChI=1S/C13H10FN3O3S/c14-7-2-1-3-8-12(7)16-13(21-8)15-9(18)6-17-10(19)4-5-11(17)20/h1-3H,4-6H2,(H,15,16,18). The van der Waals surface area contributed by atoms with E-state index in [1.165, 1.54) is 6.07 Å². The number of nitrogens with zero attached hydrogens (tertiary/aromatic N) is 2. The molecule has 1 N–H and O–H groups in total. The van der Waals surface area contributed by atoms with E-state index in [1.807, 2.05) is 0 Å². The molecule has 1 aliphatic heterocycles. The smallest absolute Gasteiger partial charge is 0.246 e. The number of rotatable bonds is 3. The first-order valence-corrected chi connectivity index (χ1v) is 7.04. The van der Waals surface area contributed by atoms with Gasteiger partial charge in [0.05, 0.1) is 4.70 Å². The quantitative estimate of drug-likeness (QED) is 0.872. The Labute approximate surface area is 122 Å². The number of anilines is 1. The second-order valence-electron chi connectivity index (χ2n) is 4.53. The third-order valence-corrected chi connectivity index (χ3v) is 4.01. The Morgan fingerprint density at radius 2 is 2.05 bits per heavy atom. The predicted octanol–water partition coefficient (Wildman–Crippen LogP) is 1.52. The van der Waals surface area contributed by atoms with Crippen LogP contribution >= 0.6 is 11.3 Å². The number of hydrogen-bond acceptors (Lipinski definition) is 5. The lowest BCUT2D eigenvalue weighted by Gasteiger charge is -2.12. The van der Waals surface area contributed by atoms with Gasteiger partial charge in [-0.1, -0.05) is 17.4 Å². The van der Waals surface area contributed by atoms with Crippen molar-refractivity contribution in [1.82, 2.24) is 9.88 Å². The Kier molecular flexibility index (Phi) is 3.38. The average molecular weight is 307 g/mol. The van der Waals surface area contributed by atoms with Gasteiger partial charge < -0.3 is 5.32 Å². The summed E-state index contributed by atoms with van der Waals surface area (Å²) in [6.45, 7) is -0.337. The third-order valence-electron chi connectivity index (χ3n) is 3.07. The van der Waals surface area contributed by atoms with Crippen molar-refractivity contribution in [2.45, 2.75) is 12.8 Å². The van der Waals surface area contributed by atoms with E-state index in [0.717, 1.165) is 16.2 Å². The van der Waals surface area contributed by atoms with Gasteiger partial charge in [0, 0.05) is 12.8 Å². The van der Waals surface area contributed by atoms with Crippen molar-refractivity contribution in [1.29, 1.82) is 0 Å². The molecule has 3 amide bonds. The summed E-state index contributed by atoms with van der Waals surface area (Å²) < 4.78 is 14.1. The topological polar surface area (TPSA) is 79.4 Å². The van der Waals surface area contributed by atoms with Crippen LogP contribution in [0, 0.1) is 5.82 Å². The van der Waals surface area contributed by atoms with Crippen molar-refractivity contribution < 1.29 is 18.8 Å². The van der Waals surface area contributed by atoms with Crippen LogP contribution in [0.25, 0.3) is 10.2 Å². The zero-order valence-electron chi connectivity index (χ0n) is 10.8. The van der Waals surface area contributed by atoms with Crippen molar-refractivity contribution in [3.8, 4) is 0 Å². The fourth-order valence-electron chi connectivity index (χ4n) is 2.07. The van der Waals surface area contributed by atoms with Gasteiger partial charge >= 0.3 is 0 Å². The molecule has 0 bridgehead atoms. The number of halogens is 1. The van der Waals surface area contributed by atoms with Crippen LogP contribution in [-0.2, 0) is 14.4 Å². The molecule has 0 radical (unpaired) electrons. The summed E-state index contributed by atoms with van der Waals surface area (Å²) in [5, 5.41) is 2.72. The number of aromatic nitrogens is 1. The van der Waals surface area contributed by atoms with Gasteiger partial charge in [-0.05, 0) is 12.1 Å². The number of para-hydroxylation sites is 1. The van der Waals surface area contributed by atoms with Gasteiger partial charge in [-0.25, -0.2) is 9.37 Å². The van der Waals surface area contributed by atoms with Gasteiger partial charge in [0.15, 0.2) is 5.13 Å². The second-order valence-corrected chi connectivity index (χ2v) is 5.56. The highest BCUT2D eigenvalue weighted by Crippen LogP contribution is 2.27. The highest BCUT2D eigenvalue weighted by Gasteiger charge is 2.30. The number of likely N-dealkylation sites (tertiary alicyclic amines) is 1. The van der Waals surface area contributed by atoms with E-state index in [-0.39, 0.29) is 41.8 Å². The number of carbonyl (C=O) groups excluding carboxylic acids is 3. The molecule has 108 valence electrons. The molecule has 1 aliphatic rings. The van der Waals surface area contributed by atoms with Gasteiger partial charge in [0.25, 0.3) is 0 Å². The number of imide groups is 1. The summed E-state index contributed by atoms with van der Waals surface area (Å²) in [4.78, 5) is 39.6. The lowest BCUT2D eigenvalue weighted by molar-refractivity contribution is -0.141. The van der Waals surface area contributed by atoms with Crippen molar-refractivity contribution >= 4 is 44.4 Å². The van der Waals surface area contributed by atoms with Crippen molar-refractivity contribution in [3.05, 3.63) is 24.0 Å². The van der Waals surface area contributed by atoms with Gasteiger partial charge in [0.1, 0.15) is 17.9 Å². The Morgan fingerprint density at radius 1 is 1.33 bits per heavy atom. The van der Waals surface area contributed by atoms with Crippen LogP contribution in [0.5, 0.6) is 0 Å². The number of amides is 3. The summed E-state index contributed by atoms with van der Waals surface area (Å²) in [5.74, 6) is -1.71. The SMILES string of the molecule is O=C(CN1C(=O)CCC1=O)Nc1nc2c(F)cccc2s1. The van der Waals surface area contributed by atoms with Gasteiger partial charge in [-0.3, -0.25) is 19.3 Å². The molecule has 0 aliphatic carbocycles. The molecular weight excluding hydrogens is 297 g/mol. The van der Waals surface area contributed by atoms with E-state index < -0.39 is 11.7 Å². The molecule has 8 heteroatoms. The summed E-state index contributed by atoms with van der Waals surface area (Å²) in [5.41, 5.74) is 0.186. The molecule has 0 saturated carbocycles. The molecule has 6 nitrogen and oxygen atoms in total. The largest absolute Gasteiger partial charge is 0.300 e. The fourth-order valence-corrected chi connectivity index (χ4v) is 2.97. The van der Waals surface area contributed by atoms with Gasteiger partial charge in [-0.2, -0.15) is 0 Å². The van der Waals surface area contributed by atoms with Crippen molar-refractivity contribution in [2.24, 2.45) is 0 Å². The number of carbonyl (C=O) groups is 3. The molecule has 21 heavy (non-hydrogen) atoms. The lowest BCUT2D eigenvalue weighted by Crippen LogP contribution is -2.36. The first-order valence-electron chi connectivity index (χ1n) is 6.22. The molecule has 1 fully saturated rings. The first kappa shape index (κ1) is 13.6. The van der Waals surface area contributed by atoms with Crippen LogP contribution in [0.1, 0.15) is 12.8 Å². The van der Waals surface area contributed by atoms with Crippen molar-refractivity contribution in [2.75, 3.05) is 11.9 Å². The Balaban J connectivity index is 1.73. The summed E-state index contributed by atoms with van der Waals surface area (Å²) in [7, 11) is 0. The second kappa shape index (κ2) is 5.21. The molecule has 1 aromatic heterocycles. The van der Waals surface area contributed by atoms with Crippen LogP contribution in [0.15, 0.2) is 18.2 Å². The molecule has 2 heterocycles. The summed E-state index contributed by atoms with van der Waals surface area (Å²) in [6.07, 6.45) is 0.275. The van der Waals surface area contributed by atoms with E-state index in [4.69, 9.17) is 0 Å². The molecule has 0 spiro atoms. The van der Waals surface area contributed by atoms with Gasteiger partial charge in [0.2, 0.25) is 17.7 Å². The lowest BCUT2D eigenvalue weighted by atomic mass is 10.3. The number of fused-ring (bicyclic) bond motifs is 1. The highest BCUT2D eigenvalue weighted by molar-refractivity contribution is 7.22. The van der Waals surface area contributed by atoms with Crippen LogP contribution in [-0.4, -0.2) is 34.2 Å². The van der Waals surface area contributed by atoms with E-state index in [9.17, 15) is 18.8 Å². The van der Waals surface area contributed by atoms with E-state index >= 15 is 0 Å². The predicted molar refractivity (Wildman–Crippen MR) is 74.2 cm³/mol. The van der Waals surface area contributed by atoms with E-state index in [1.54, 1.807) is 12.1 Å². The molecule has 0 unspecified atom stereocenters. The summed E-state index contributed by atoms with van der Waals surface area (Å²) >= 11 is 1.13. The number of benzene rings is 1. The minimum absolute atomic E-state index is 0.137. The van der Waals surface area contributed by atoms with E-state index in [0.29, 0.717) is 4.70 Å². The van der Waals surface area contributed by atoms with Crippen LogP contribution in [0.2, 0.25) is 0 Å². The fraction of sp³-hybridized carbons (Fsp3) is 0.231. The highest BCUT2D eigenvalue weighted by atomic mass is 32.1. The zero-order chi connectivity index (χ0) is 15.0. The normalized spacial score (nSPS) is 15.0. The minimum atomic E-state index is -0.530. The Hall–Kier alpha value is -2.35. The van der Waals surface area contributed by atoms with E-state index in [2.05, 4.69) is 10.3 Å². The summed E-state index contributed by atoms with van der Waals surface area (Å²) in [6, 6.07) is 4.54. The number of hydrogen-bond donors (Lipinski definition) is 1. The van der Waals surface area contributed by atoms with Crippen LogP contribution in [0.3, 0.4) is 0 Å². The third kappa shape index (κ3) is 2.62. The molecular formula is C13H10FN3O3S. The van der Waals surface area contributed by atoms with Gasteiger partial charge in [-0.15, -0.1) is 0 Å². The molecule has 1 aromatic carbocycles. The minimum Gasteiger partial charge on any atom is -0.300 e. The average Bonchev–Trinajstić information content (AvgIpc) is 2.97. The van der Waals surface area contributed by atoms with Crippen LogP contribution in [0.4, 0.5) is 9.52 Å². The Morgan fingerprint density at radius 3 is 2.71 bits per heavy atom. The number of thiazole rings is 1. The molecule has 0 atom stereocenters. The van der Waals surface area contributed by atoms with Crippen molar-refractivity contribution in [3.63, 3.8) is 0 Å². The zero-order valence-corrected chi connectivity index (χ0v) is 11.6. The maximum absolute atomic E-state index is 13.5. The monoisotopic (exact) mass is 307 g/mol. The molecule has 3 rings (SSSR count). The maximum Gasteiger partial charge on any atom is 0.246 e. The Bertz CT molecular complexity index is 742.